The van der Waals surface area contributed by atoms with E-state index in [4.69, 9.17) is 4.43 Å². The van der Waals surface area contributed by atoms with Gasteiger partial charge >= 0.3 is 0 Å². The molecular weight excluding hydrogens is 400 g/mol. The monoisotopic (exact) mass is 429 g/mol. The highest BCUT2D eigenvalue weighted by Crippen LogP contribution is 2.49. The second kappa shape index (κ2) is 8.86. The van der Waals surface area contributed by atoms with Crippen LogP contribution in [0.4, 0.5) is 0 Å². The van der Waals surface area contributed by atoms with Crippen molar-refractivity contribution in [2.45, 2.75) is 64.3 Å². The Kier molecular flexibility index (Phi) is 7.29. The van der Waals surface area contributed by atoms with E-state index in [1.54, 1.807) is 0 Å². The van der Waals surface area contributed by atoms with Crippen LogP contribution in [0.5, 0.6) is 0 Å². The predicted molar refractivity (Wildman–Crippen MR) is 116 cm³/mol. The summed E-state index contributed by atoms with van der Waals surface area (Å²) >= 11 is 3.91. The fraction of sp³-hybridized carbons (Fsp3) is 0.478. The predicted octanol–water partition coefficient (Wildman–Crippen LogP) is 7.01. The van der Waals surface area contributed by atoms with Crippen molar-refractivity contribution in [3.05, 3.63) is 70.8 Å². The Labute approximate surface area is 171 Å². The molecule has 0 saturated carbocycles. The second-order valence-corrected chi connectivity index (χ2v) is 9.34. The van der Waals surface area contributed by atoms with E-state index in [-0.39, 0.29) is 5.41 Å². The molecule has 0 saturated heterocycles. The molecule has 0 amide bonds. The maximum atomic E-state index is 6.16. The number of rotatable bonds is 7. The summed E-state index contributed by atoms with van der Waals surface area (Å²) in [5.41, 5.74) is 4.28. The Morgan fingerprint density at radius 3 is 2.23 bits per heavy atom. The maximum Gasteiger partial charge on any atom is 0.248 e. The van der Waals surface area contributed by atoms with E-state index in [1.807, 2.05) is 6.07 Å². The number of benzene rings is 2. The molecule has 0 heterocycles. The Hall–Kier alpha value is -0.903. The molecule has 0 fully saturated rings. The van der Waals surface area contributed by atoms with Gasteiger partial charge in [0.05, 0.1) is 0 Å². The van der Waals surface area contributed by atoms with Gasteiger partial charge in [0.1, 0.15) is 5.60 Å². The van der Waals surface area contributed by atoms with Crippen LogP contribution in [0.2, 0.25) is 0 Å². The van der Waals surface area contributed by atoms with E-state index < -0.39 is 5.60 Å². The van der Waals surface area contributed by atoms with Gasteiger partial charge in [0, 0.05) is 4.83 Å². The summed E-state index contributed by atoms with van der Waals surface area (Å²) in [5.74, 6) is 0. The fourth-order valence-electron chi connectivity index (χ4n) is 3.85. The highest BCUT2D eigenvalue weighted by Gasteiger charge is 2.46. The molecule has 2 aromatic carbocycles. The number of halogens is 1. The van der Waals surface area contributed by atoms with Crippen LogP contribution in [0.25, 0.3) is 0 Å². The minimum Gasteiger partial charge on any atom is -0.405 e. The van der Waals surface area contributed by atoms with Crippen molar-refractivity contribution in [2.24, 2.45) is 5.41 Å². The number of hydrogen-bond acceptors (Lipinski definition) is 1. The molecule has 0 aliphatic carbocycles. The summed E-state index contributed by atoms with van der Waals surface area (Å²) in [4.78, 5) is 0.366. The molecule has 2 rings (SSSR count). The zero-order chi connectivity index (χ0) is 19.4. The van der Waals surface area contributed by atoms with Crippen molar-refractivity contribution >= 4 is 26.4 Å². The first-order valence-electron chi connectivity index (χ1n) is 9.44. The molecule has 2 aromatic rings. The summed E-state index contributed by atoms with van der Waals surface area (Å²) < 4.78 is 6.16. The lowest BCUT2D eigenvalue weighted by Gasteiger charge is -2.46. The molecule has 3 heteroatoms. The van der Waals surface area contributed by atoms with E-state index in [2.05, 4.69) is 103 Å². The van der Waals surface area contributed by atoms with E-state index in [9.17, 15) is 0 Å². The van der Waals surface area contributed by atoms with Crippen molar-refractivity contribution in [2.75, 3.05) is 0 Å². The summed E-state index contributed by atoms with van der Waals surface area (Å²) in [6.45, 7) is 11.2. The third-order valence-corrected chi connectivity index (χ3v) is 6.55. The first kappa shape index (κ1) is 21.4. The second-order valence-electron chi connectivity index (χ2n) is 8.03. The van der Waals surface area contributed by atoms with Crippen LogP contribution in [0.1, 0.15) is 74.0 Å². The summed E-state index contributed by atoms with van der Waals surface area (Å²) in [6.07, 6.45) is 3.57. The fourth-order valence-corrected chi connectivity index (χ4v) is 5.20. The molecule has 2 atom stereocenters. The van der Waals surface area contributed by atoms with Gasteiger partial charge in [0.15, 0.2) is 0 Å². The van der Waals surface area contributed by atoms with Gasteiger partial charge in [-0.1, -0.05) is 105 Å². The average molecular weight is 430 g/mol. The summed E-state index contributed by atoms with van der Waals surface area (Å²) in [6, 6.07) is 17.1. The Morgan fingerprint density at radius 1 is 1.04 bits per heavy atom. The average Bonchev–Trinajstić information content (AvgIpc) is 2.61. The van der Waals surface area contributed by atoms with E-state index >= 15 is 0 Å². The molecule has 0 spiro atoms. The third kappa shape index (κ3) is 4.00. The van der Waals surface area contributed by atoms with Crippen LogP contribution in [0, 0.1) is 12.3 Å². The Bertz CT molecular complexity index is 708. The van der Waals surface area contributed by atoms with E-state index in [0.29, 0.717) is 4.83 Å². The van der Waals surface area contributed by atoms with Crippen molar-refractivity contribution in [1.29, 1.82) is 0 Å². The Morgan fingerprint density at radius 2 is 1.69 bits per heavy atom. The molecule has 1 nitrogen and oxygen atoms in total. The van der Waals surface area contributed by atoms with Crippen LogP contribution in [-0.4, -0.2) is 10.5 Å². The summed E-state index contributed by atoms with van der Waals surface area (Å²) in [7, 11) is 3.47. The minimum absolute atomic E-state index is 0.148. The largest absolute Gasteiger partial charge is 0.405 e. The molecule has 26 heavy (non-hydrogen) atoms. The van der Waals surface area contributed by atoms with Crippen LogP contribution >= 0.6 is 15.9 Å². The topological polar surface area (TPSA) is 9.23 Å². The maximum absolute atomic E-state index is 6.16. The SMILES string of the molecule is CCCCC(Br)c1cccc(C(O[Si])(c2ccccc2)C(C)(C)C)c1C. The van der Waals surface area contributed by atoms with Gasteiger partial charge < -0.3 is 4.43 Å². The minimum atomic E-state index is -0.581. The first-order chi connectivity index (χ1) is 12.3. The normalized spacial score (nSPS) is 15.5. The van der Waals surface area contributed by atoms with Gasteiger partial charge in [0.25, 0.3) is 0 Å². The number of alkyl halides is 1. The summed E-state index contributed by atoms with van der Waals surface area (Å²) in [5, 5.41) is 0. The van der Waals surface area contributed by atoms with Crippen LogP contribution < -0.4 is 0 Å². The quantitative estimate of drug-likeness (QED) is 0.339. The number of unbranched alkanes of at least 4 members (excludes halogenated alkanes) is 1. The van der Waals surface area contributed by atoms with E-state index in [1.165, 1.54) is 29.5 Å². The molecule has 2 unspecified atom stereocenters. The molecule has 0 aromatic heterocycles. The first-order valence-corrected chi connectivity index (χ1v) is 10.8. The van der Waals surface area contributed by atoms with Crippen molar-refractivity contribution < 1.29 is 4.43 Å². The molecule has 0 aliphatic rings. The van der Waals surface area contributed by atoms with Crippen molar-refractivity contribution in [1.82, 2.24) is 0 Å². The van der Waals surface area contributed by atoms with Gasteiger partial charge in [-0.3, -0.25) is 0 Å². The van der Waals surface area contributed by atoms with Gasteiger partial charge in [-0.25, -0.2) is 0 Å². The molecule has 3 radical (unpaired) electrons. The van der Waals surface area contributed by atoms with Gasteiger partial charge in [-0.05, 0) is 41.0 Å². The van der Waals surface area contributed by atoms with Crippen LogP contribution in [0.3, 0.4) is 0 Å². The highest BCUT2D eigenvalue weighted by atomic mass is 79.9. The van der Waals surface area contributed by atoms with Gasteiger partial charge in [-0.15, -0.1) is 0 Å². The standard InChI is InChI=1S/C23H30BrOSi/c1-6-7-16-21(24)19-14-11-15-20(17(19)2)23(25-26,22(3,4)5)18-12-9-8-10-13-18/h8-15,21H,6-7,16H2,1-5H3. The smallest absolute Gasteiger partial charge is 0.248 e. The lowest BCUT2D eigenvalue weighted by Crippen LogP contribution is -2.44. The zero-order valence-corrected chi connectivity index (χ0v) is 19.2. The lowest BCUT2D eigenvalue weighted by atomic mass is 9.67. The van der Waals surface area contributed by atoms with Crippen LogP contribution in [-0.2, 0) is 10.0 Å². The molecule has 139 valence electrons. The van der Waals surface area contributed by atoms with Gasteiger partial charge in [-0.2, -0.15) is 0 Å². The molecule has 0 aliphatic heterocycles. The number of hydrogen-bond donors (Lipinski definition) is 0. The van der Waals surface area contributed by atoms with E-state index in [0.717, 1.165) is 12.0 Å². The zero-order valence-electron chi connectivity index (χ0n) is 16.6. The molecule has 0 N–H and O–H groups in total. The van der Waals surface area contributed by atoms with Crippen molar-refractivity contribution in [3.8, 4) is 0 Å². The van der Waals surface area contributed by atoms with Crippen molar-refractivity contribution in [3.63, 3.8) is 0 Å². The third-order valence-electron chi connectivity index (χ3n) is 5.29. The van der Waals surface area contributed by atoms with Gasteiger partial charge in [0.2, 0.25) is 10.5 Å². The van der Waals surface area contributed by atoms with Crippen LogP contribution in [0.15, 0.2) is 48.5 Å². The molecule has 0 bridgehead atoms. The highest BCUT2D eigenvalue weighted by molar-refractivity contribution is 9.09. The molecular formula is C23H30BrOSi. The Balaban J connectivity index is 2.67. The lowest BCUT2D eigenvalue weighted by molar-refractivity contribution is 0.00614.